The van der Waals surface area contributed by atoms with E-state index in [0.29, 0.717) is 0 Å². The third kappa shape index (κ3) is 3.03. The molecule has 1 aromatic rings. The van der Waals surface area contributed by atoms with Gasteiger partial charge in [0, 0.05) is 12.7 Å². The van der Waals surface area contributed by atoms with Crippen LogP contribution in [0.25, 0.3) is 5.57 Å². The summed E-state index contributed by atoms with van der Waals surface area (Å²) in [5, 5.41) is 0. The molecule has 2 rings (SSSR count). The molecule has 0 radical (unpaired) electrons. The smallest absolute Gasteiger partial charge is 0.128 e. The van der Waals surface area contributed by atoms with Crippen molar-refractivity contribution >= 4 is 5.57 Å². The van der Waals surface area contributed by atoms with E-state index in [0.717, 1.165) is 24.0 Å². The molecular formula is C17H20O. The normalized spacial score (nSPS) is 17.6. The molecule has 0 heterocycles. The molecule has 18 heavy (non-hydrogen) atoms. The van der Waals surface area contributed by atoms with Gasteiger partial charge in [0.1, 0.15) is 5.60 Å². The van der Waals surface area contributed by atoms with Crippen molar-refractivity contribution in [3.05, 3.63) is 42.5 Å². The Morgan fingerprint density at radius 3 is 2.44 bits per heavy atom. The van der Waals surface area contributed by atoms with Crippen LogP contribution in [-0.2, 0) is 4.74 Å². The largest absolute Gasteiger partial charge is 0.366 e. The van der Waals surface area contributed by atoms with Crippen LogP contribution in [0.15, 0.2) is 36.9 Å². The standard InChI is InChI=1S/C17H20O/c1-15(16-9-5-3-6-10-16)11-14-17(18-2)12-7-4-8-13-17/h3,5-6,9-10H,1,4,7-8,12-13H2,2H3. The first-order valence-electron chi connectivity index (χ1n) is 6.58. The molecule has 0 amide bonds. The van der Waals surface area contributed by atoms with Crippen LogP contribution in [0, 0.1) is 11.8 Å². The number of methoxy groups -OCH3 is 1. The van der Waals surface area contributed by atoms with Gasteiger partial charge in [-0.05, 0) is 31.2 Å². The number of ether oxygens (including phenoxy) is 1. The van der Waals surface area contributed by atoms with Gasteiger partial charge in [0.15, 0.2) is 0 Å². The van der Waals surface area contributed by atoms with Gasteiger partial charge >= 0.3 is 0 Å². The predicted octanol–water partition coefficient (Wildman–Crippen LogP) is 4.05. The van der Waals surface area contributed by atoms with Crippen LogP contribution in [0.4, 0.5) is 0 Å². The molecule has 94 valence electrons. The van der Waals surface area contributed by atoms with E-state index in [1.165, 1.54) is 19.3 Å². The van der Waals surface area contributed by atoms with E-state index in [4.69, 9.17) is 4.74 Å². The van der Waals surface area contributed by atoms with Crippen LogP contribution in [0.5, 0.6) is 0 Å². The van der Waals surface area contributed by atoms with Gasteiger partial charge in [-0.3, -0.25) is 0 Å². The zero-order valence-corrected chi connectivity index (χ0v) is 11.0. The molecule has 1 saturated carbocycles. The van der Waals surface area contributed by atoms with E-state index >= 15 is 0 Å². The maximum Gasteiger partial charge on any atom is 0.128 e. The molecule has 1 aromatic carbocycles. The highest BCUT2D eigenvalue weighted by Crippen LogP contribution is 2.30. The zero-order chi connectivity index (χ0) is 12.8. The molecule has 1 fully saturated rings. The van der Waals surface area contributed by atoms with Crippen LogP contribution in [-0.4, -0.2) is 12.7 Å². The zero-order valence-electron chi connectivity index (χ0n) is 11.0. The highest BCUT2D eigenvalue weighted by molar-refractivity contribution is 5.77. The second kappa shape index (κ2) is 5.89. The summed E-state index contributed by atoms with van der Waals surface area (Å²) >= 11 is 0. The van der Waals surface area contributed by atoms with Crippen molar-refractivity contribution in [2.45, 2.75) is 37.7 Å². The SMILES string of the molecule is C=C(C#CC1(OC)CCCCC1)c1ccccc1. The lowest BCUT2D eigenvalue weighted by Gasteiger charge is -2.30. The van der Waals surface area contributed by atoms with Gasteiger partial charge < -0.3 is 4.74 Å². The van der Waals surface area contributed by atoms with Gasteiger partial charge in [0.2, 0.25) is 0 Å². The van der Waals surface area contributed by atoms with Crippen LogP contribution in [0.2, 0.25) is 0 Å². The molecule has 0 unspecified atom stereocenters. The minimum Gasteiger partial charge on any atom is -0.366 e. The summed E-state index contributed by atoms with van der Waals surface area (Å²) in [7, 11) is 1.77. The fourth-order valence-corrected chi connectivity index (χ4v) is 2.40. The first-order valence-corrected chi connectivity index (χ1v) is 6.58. The van der Waals surface area contributed by atoms with Crippen molar-refractivity contribution in [2.75, 3.05) is 7.11 Å². The third-order valence-electron chi connectivity index (χ3n) is 3.62. The van der Waals surface area contributed by atoms with Crippen LogP contribution < -0.4 is 0 Å². The van der Waals surface area contributed by atoms with E-state index < -0.39 is 0 Å². The van der Waals surface area contributed by atoms with Crippen molar-refractivity contribution in [2.24, 2.45) is 0 Å². The molecule has 0 N–H and O–H groups in total. The van der Waals surface area contributed by atoms with Crippen molar-refractivity contribution < 1.29 is 4.74 Å². The van der Waals surface area contributed by atoms with Gasteiger partial charge in [0.05, 0.1) is 0 Å². The van der Waals surface area contributed by atoms with Crippen molar-refractivity contribution in [1.29, 1.82) is 0 Å². The predicted molar refractivity (Wildman–Crippen MR) is 76.1 cm³/mol. The summed E-state index contributed by atoms with van der Waals surface area (Å²) in [6.45, 7) is 4.05. The molecule has 0 saturated heterocycles. The van der Waals surface area contributed by atoms with Crippen molar-refractivity contribution in [3.63, 3.8) is 0 Å². The first-order chi connectivity index (χ1) is 8.76. The van der Waals surface area contributed by atoms with Crippen LogP contribution in [0.1, 0.15) is 37.7 Å². The Balaban J connectivity index is 2.13. The lowest BCUT2D eigenvalue weighted by molar-refractivity contribution is 0.0105. The number of hydrogen-bond donors (Lipinski definition) is 0. The Labute approximate surface area is 110 Å². The molecule has 0 atom stereocenters. The van der Waals surface area contributed by atoms with E-state index in [1.807, 2.05) is 30.3 Å². The summed E-state index contributed by atoms with van der Waals surface area (Å²) in [4.78, 5) is 0. The van der Waals surface area contributed by atoms with Gasteiger partial charge in [-0.2, -0.15) is 0 Å². The Hall–Kier alpha value is -1.52. The average molecular weight is 240 g/mol. The minimum absolute atomic E-state index is 0.240. The Kier molecular flexibility index (Phi) is 4.23. The highest BCUT2D eigenvalue weighted by atomic mass is 16.5. The van der Waals surface area contributed by atoms with Crippen LogP contribution >= 0.6 is 0 Å². The average Bonchev–Trinajstić information content (AvgIpc) is 2.47. The summed E-state index contributed by atoms with van der Waals surface area (Å²) in [6.07, 6.45) is 5.80. The maximum absolute atomic E-state index is 5.65. The number of rotatable bonds is 2. The van der Waals surface area contributed by atoms with E-state index in [1.54, 1.807) is 7.11 Å². The quantitative estimate of drug-likeness (QED) is 0.708. The van der Waals surface area contributed by atoms with Gasteiger partial charge in [-0.15, -0.1) is 0 Å². The molecule has 0 aromatic heterocycles. The number of benzene rings is 1. The Morgan fingerprint density at radius 1 is 1.17 bits per heavy atom. The van der Waals surface area contributed by atoms with E-state index in [9.17, 15) is 0 Å². The van der Waals surface area contributed by atoms with Crippen molar-refractivity contribution in [3.8, 4) is 11.8 Å². The number of allylic oxidation sites excluding steroid dienone is 1. The third-order valence-corrected chi connectivity index (χ3v) is 3.62. The number of hydrogen-bond acceptors (Lipinski definition) is 1. The molecule has 1 aliphatic rings. The molecule has 1 heteroatoms. The van der Waals surface area contributed by atoms with Gasteiger partial charge in [-0.25, -0.2) is 0 Å². The lowest BCUT2D eigenvalue weighted by atomic mass is 9.85. The first kappa shape index (κ1) is 12.9. The summed E-state index contributed by atoms with van der Waals surface area (Å²) < 4.78 is 5.65. The fourth-order valence-electron chi connectivity index (χ4n) is 2.40. The molecule has 0 spiro atoms. The fraction of sp³-hybridized carbons (Fsp3) is 0.412. The highest BCUT2D eigenvalue weighted by Gasteiger charge is 2.29. The summed E-state index contributed by atoms with van der Waals surface area (Å²) in [6, 6.07) is 10.1. The topological polar surface area (TPSA) is 9.23 Å². The van der Waals surface area contributed by atoms with Crippen LogP contribution in [0.3, 0.4) is 0 Å². The van der Waals surface area contributed by atoms with Gasteiger partial charge in [-0.1, -0.05) is 55.2 Å². The van der Waals surface area contributed by atoms with E-state index in [2.05, 4.69) is 18.4 Å². The second-order valence-electron chi connectivity index (χ2n) is 4.85. The maximum atomic E-state index is 5.65. The Morgan fingerprint density at radius 2 is 1.83 bits per heavy atom. The minimum atomic E-state index is -0.240. The van der Waals surface area contributed by atoms with Gasteiger partial charge in [0.25, 0.3) is 0 Å². The molecule has 0 bridgehead atoms. The summed E-state index contributed by atoms with van der Waals surface area (Å²) in [5.41, 5.74) is 1.72. The molecular weight excluding hydrogens is 220 g/mol. The summed E-state index contributed by atoms with van der Waals surface area (Å²) in [5.74, 6) is 6.50. The van der Waals surface area contributed by atoms with E-state index in [-0.39, 0.29) is 5.60 Å². The Bertz CT molecular complexity index is 455. The lowest BCUT2D eigenvalue weighted by Crippen LogP contribution is -2.32. The second-order valence-corrected chi connectivity index (χ2v) is 4.85. The molecule has 0 aliphatic heterocycles. The molecule has 1 nitrogen and oxygen atoms in total. The molecule has 1 aliphatic carbocycles. The van der Waals surface area contributed by atoms with Crippen molar-refractivity contribution in [1.82, 2.24) is 0 Å². The monoisotopic (exact) mass is 240 g/mol.